The van der Waals surface area contributed by atoms with Crippen molar-refractivity contribution in [3.8, 4) is 11.5 Å². The average molecular weight is 326 g/mol. The van der Waals surface area contributed by atoms with Gasteiger partial charge in [0.1, 0.15) is 11.5 Å². The van der Waals surface area contributed by atoms with Gasteiger partial charge < -0.3 is 19.7 Å². The third-order valence-corrected chi connectivity index (χ3v) is 3.90. The third kappa shape index (κ3) is 3.03. The van der Waals surface area contributed by atoms with Crippen molar-refractivity contribution in [3.05, 3.63) is 54.1 Å². The van der Waals surface area contributed by atoms with Crippen molar-refractivity contribution < 1.29 is 19.1 Å². The number of anilines is 1. The number of hydrogen-bond donors (Lipinski definition) is 1. The fourth-order valence-electron chi connectivity index (χ4n) is 2.53. The highest BCUT2D eigenvalue weighted by molar-refractivity contribution is 6.00. The molecule has 1 aliphatic rings. The highest BCUT2D eigenvalue weighted by Gasteiger charge is 2.32. The summed E-state index contributed by atoms with van der Waals surface area (Å²) in [6.45, 7) is 0.0996. The molecular weight excluding hydrogens is 308 g/mol. The summed E-state index contributed by atoms with van der Waals surface area (Å²) >= 11 is 0. The summed E-state index contributed by atoms with van der Waals surface area (Å²) in [4.78, 5) is 26.1. The van der Waals surface area contributed by atoms with Gasteiger partial charge in [0.2, 0.25) is 0 Å². The second kappa shape index (κ2) is 6.62. The standard InChI is InChI=1S/C18H18N2O4/c1-20-14-5-3-4-6-15(14)24-16(18(20)22)11-19-17(21)12-7-9-13(23-2)10-8-12/h3-10,16H,11H2,1-2H3,(H,19,21). The van der Waals surface area contributed by atoms with E-state index in [2.05, 4.69) is 5.32 Å². The summed E-state index contributed by atoms with van der Waals surface area (Å²) in [7, 11) is 3.26. The summed E-state index contributed by atoms with van der Waals surface area (Å²) in [5.41, 5.74) is 1.22. The molecule has 2 aromatic rings. The van der Waals surface area contributed by atoms with Crippen LogP contribution in [-0.2, 0) is 4.79 Å². The summed E-state index contributed by atoms with van der Waals surface area (Å²) in [5.74, 6) is 0.846. The normalized spacial score (nSPS) is 16.2. The Morgan fingerprint density at radius 2 is 1.92 bits per heavy atom. The number of carbonyl (C=O) groups excluding carboxylic acids is 2. The highest BCUT2D eigenvalue weighted by Crippen LogP contribution is 2.32. The predicted molar refractivity (Wildman–Crippen MR) is 89.6 cm³/mol. The van der Waals surface area contributed by atoms with Gasteiger partial charge in [0.05, 0.1) is 19.3 Å². The first-order chi connectivity index (χ1) is 11.6. The lowest BCUT2D eigenvalue weighted by Crippen LogP contribution is -2.49. The van der Waals surface area contributed by atoms with Gasteiger partial charge >= 0.3 is 0 Å². The van der Waals surface area contributed by atoms with Crippen LogP contribution in [0.4, 0.5) is 5.69 Å². The molecule has 6 heteroatoms. The Balaban J connectivity index is 1.66. The molecule has 2 aromatic carbocycles. The first-order valence-electron chi connectivity index (χ1n) is 7.55. The van der Waals surface area contributed by atoms with Crippen molar-refractivity contribution in [1.29, 1.82) is 0 Å². The smallest absolute Gasteiger partial charge is 0.269 e. The molecule has 0 fully saturated rings. The lowest BCUT2D eigenvalue weighted by molar-refractivity contribution is -0.125. The molecule has 124 valence electrons. The van der Waals surface area contributed by atoms with Gasteiger partial charge in [-0.25, -0.2) is 0 Å². The largest absolute Gasteiger partial charge is 0.497 e. The van der Waals surface area contributed by atoms with E-state index in [1.807, 2.05) is 18.2 Å². The van der Waals surface area contributed by atoms with Crippen molar-refractivity contribution in [1.82, 2.24) is 5.32 Å². The second-order valence-electron chi connectivity index (χ2n) is 5.41. The fourth-order valence-corrected chi connectivity index (χ4v) is 2.53. The zero-order valence-electron chi connectivity index (χ0n) is 13.5. The van der Waals surface area contributed by atoms with Crippen LogP contribution >= 0.6 is 0 Å². The molecule has 0 saturated carbocycles. The Hall–Kier alpha value is -3.02. The maximum Gasteiger partial charge on any atom is 0.269 e. The van der Waals surface area contributed by atoms with Gasteiger partial charge in [-0.1, -0.05) is 12.1 Å². The second-order valence-corrected chi connectivity index (χ2v) is 5.41. The van der Waals surface area contributed by atoms with Crippen LogP contribution in [0.1, 0.15) is 10.4 Å². The quantitative estimate of drug-likeness (QED) is 0.931. The number of fused-ring (bicyclic) bond motifs is 1. The first kappa shape index (κ1) is 15.9. The van der Waals surface area contributed by atoms with Crippen LogP contribution in [0.25, 0.3) is 0 Å². The molecule has 1 aliphatic heterocycles. The Morgan fingerprint density at radius 1 is 1.21 bits per heavy atom. The number of amides is 2. The lowest BCUT2D eigenvalue weighted by atomic mass is 10.1. The van der Waals surface area contributed by atoms with Crippen LogP contribution < -0.4 is 19.7 Å². The van der Waals surface area contributed by atoms with Gasteiger partial charge in [-0.05, 0) is 36.4 Å². The number of para-hydroxylation sites is 2. The number of carbonyl (C=O) groups is 2. The molecule has 2 amide bonds. The maximum absolute atomic E-state index is 12.4. The molecule has 0 saturated heterocycles. The number of hydrogen-bond acceptors (Lipinski definition) is 4. The molecule has 0 bridgehead atoms. The number of nitrogens with one attached hydrogen (secondary N) is 1. The first-order valence-corrected chi connectivity index (χ1v) is 7.55. The van der Waals surface area contributed by atoms with Crippen LogP contribution in [0.2, 0.25) is 0 Å². The predicted octanol–water partition coefficient (Wildman–Crippen LogP) is 1.85. The molecule has 0 spiro atoms. The molecule has 0 radical (unpaired) electrons. The van der Waals surface area contributed by atoms with Crippen molar-refractivity contribution in [2.24, 2.45) is 0 Å². The maximum atomic E-state index is 12.4. The minimum absolute atomic E-state index is 0.0996. The molecule has 3 rings (SSSR count). The van der Waals surface area contributed by atoms with E-state index in [-0.39, 0.29) is 18.4 Å². The molecule has 0 aliphatic carbocycles. The third-order valence-electron chi connectivity index (χ3n) is 3.90. The van der Waals surface area contributed by atoms with Gasteiger partial charge in [0.15, 0.2) is 6.10 Å². The van der Waals surface area contributed by atoms with Gasteiger partial charge in [-0.2, -0.15) is 0 Å². The minimum atomic E-state index is -0.743. The number of benzene rings is 2. The molecule has 1 heterocycles. The topological polar surface area (TPSA) is 67.9 Å². The van der Waals surface area contributed by atoms with Crippen molar-refractivity contribution in [2.45, 2.75) is 6.10 Å². The van der Waals surface area contributed by atoms with Crippen LogP contribution in [0.15, 0.2) is 48.5 Å². The van der Waals surface area contributed by atoms with E-state index in [9.17, 15) is 9.59 Å². The number of likely N-dealkylation sites (N-methyl/N-ethyl adjacent to an activating group) is 1. The van der Waals surface area contributed by atoms with Crippen LogP contribution in [-0.4, -0.2) is 38.6 Å². The molecule has 6 nitrogen and oxygen atoms in total. The van der Waals surface area contributed by atoms with E-state index >= 15 is 0 Å². The molecule has 24 heavy (non-hydrogen) atoms. The number of nitrogens with zero attached hydrogens (tertiary/aromatic N) is 1. The molecule has 1 atom stereocenters. The molecular formula is C18H18N2O4. The van der Waals surface area contributed by atoms with Gasteiger partial charge in [-0.15, -0.1) is 0 Å². The lowest BCUT2D eigenvalue weighted by Gasteiger charge is -2.31. The monoisotopic (exact) mass is 326 g/mol. The summed E-state index contributed by atoms with van der Waals surface area (Å²) in [5, 5.41) is 2.74. The van der Waals surface area contributed by atoms with Crippen LogP contribution in [0.3, 0.4) is 0 Å². The average Bonchev–Trinajstić information content (AvgIpc) is 2.63. The van der Waals surface area contributed by atoms with Crippen LogP contribution in [0, 0.1) is 0 Å². The Kier molecular flexibility index (Phi) is 4.37. The Bertz CT molecular complexity index is 758. The molecule has 1 N–H and O–H groups in total. The highest BCUT2D eigenvalue weighted by atomic mass is 16.5. The van der Waals surface area contributed by atoms with Crippen molar-refractivity contribution in [2.75, 3.05) is 25.6 Å². The van der Waals surface area contributed by atoms with Crippen molar-refractivity contribution in [3.63, 3.8) is 0 Å². The number of rotatable bonds is 4. The molecule has 1 unspecified atom stereocenters. The van der Waals surface area contributed by atoms with E-state index in [4.69, 9.17) is 9.47 Å². The Morgan fingerprint density at radius 3 is 2.62 bits per heavy atom. The number of methoxy groups -OCH3 is 1. The zero-order chi connectivity index (χ0) is 17.1. The van der Waals surface area contributed by atoms with E-state index in [0.717, 1.165) is 5.69 Å². The van der Waals surface area contributed by atoms with Gasteiger partial charge in [0, 0.05) is 12.6 Å². The zero-order valence-corrected chi connectivity index (χ0v) is 13.5. The summed E-state index contributed by atoms with van der Waals surface area (Å²) < 4.78 is 10.8. The summed E-state index contributed by atoms with van der Waals surface area (Å²) in [6, 6.07) is 14.1. The Labute approximate surface area is 140 Å². The fraction of sp³-hybridized carbons (Fsp3) is 0.222. The van der Waals surface area contributed by atoms with E-state index < -0.39 is 6.10 Å². The molecule has 0 aromatic heterocycles. The van der Waals surface area contributed by atoms with Gasteiger partial charge in [-0.3, -0.25) is 9.59 Å². The summed E-state index contributed by atoms with van der Waals surface area (Å²) in [6.07, 6.45) is -0.743. The minimum Gasteiger partial charge on any atom is -0.497 e. The van der Waals surface area contributed by atoms with E-state index in [1.54, 1.807) is 49.4 Å². The van der Waals surface area contributed by atoms with Crippen molar-refractivity contribution >= 4 is 17.5 Å². The van der Waals surface area contributed by atoms with E-state index in [0.29, 0.717) is 17.1 Å². The number of ether oxygens (including phenoxy) is 2. The van der Waals surface area contributed by atoms with E-state index in [1.165, 1.54) is 0 Å². The SMILES string of the molecule is COc1ccc(C(=O)NCC2Oc3ccccc3N(C)C2=O)cc1. The van der Waals surface area contributed by atoms with Gasteiger partial charge in [0.25, 0.3) is 11.8 Å². The van der Waals surface area contributed by atoms with Crippen LogP contribution in [0.5, 0.6) is 11.5 Å².